The quantitative estimate of drug-likeness (QED) is 0.890. The van der Waals surface area contributed by atoms with E-state index in [9.17, 15) is 14.7 Å². The standard InChI is InChI=1S/C17H23ClN2O3/c1-17(2,3)9-15(22)19-11-4-5-14(18)13(8-11)16(23)20-7-6-12(21)10-20/h4-5,8,12,21H,6-7,9-10H2,1-3H3,(H,19,22)/t12-/m1/s1. The Bertz CT molecular complexity index is 610. The van der Waals surface area contributed by atoms with E-state index in [2.05, 4.69) is 5.32 Å². The number of rotatable bonds is 3. The number of nitrogens with zero attached hydrogens (tertiary/aromatic N) is 1. The van der Waals surface area contributed by atoms with Crippen molar-refractivity contribution in [2.45, 2.75) is 39.7 Å². The summed E-state index contributed by atoms with van der Waals surface area (Å²) < 4.78 is 0. The van der Waals surface area contributed by atoms with Crippen LogP contribution in [0.3, 0.4) is 0 Å². The highest BCUT2D eigenvalue weighted by Crippen LogP contribution is 2.25. The van der Waals surface area contributed by atoms with Crippen LogP contribution in [0.1, 0.15) is 44.0 Å². The number of hydrogen-bond donors (Lipinski definition) is 2. The molecule has 1 atom stereocenters. The van der Waals surface area contributed by atoms with Crippen LogP contribution in [-0.2, 0) is 4.79 Å². The largest absolute Gasteiger partial charge is 0.391 e. The average molecular weight is 339 g/mol. The van der Waals surface area contributed by atoms with Gasteiger partial charge in [-0.25, -0.2) is 0 Å². The third-order valence-electron chi connectivity index (χ3n) is 3.62. The number of carbonyl (C=O) groups excluding carboxylic acids is 2. The number of amides is 2. The molecule has 1 aliphatic rings. The third kappa shape index (κ3) is 4.94. The van der Waals surface area contributed by atoms with Gasteiger partial charge in [-0.15, -0.1) is 0 Å². The van der Waals surface area contributed by atoms with E-state index in [4.69, 9.17) is 11.6 Å². The Hall–Kier alpha value is -1.59. The predicted molar refractivity (Wildman–Crippen MR) is 90.7 cm³/mol. The highest BCUT2D eigenvalue weighted by molar-refractivity contribution is 6.34. The zero-order valence-corrected chi connectivity index (χ0v) is 14.5. The van der Waals surface area contributed by atoms with Gasteiger partial charge in [0, 0.05) is 25.2 Å². The fourth-order valence-electron chi connectivity index (χ4n) is 2.55. The number of hydrogen-bond acceptors (Lipinski definition) is 3. The minimum Gasteiger partial charge on any atom is -0.391 e. The van der Waals surface area contributed by atoms with Crippen molar-refractivity contribution in [2.75, 3.05) is 18.4 Å². The summed E-state index contributed by atoms with van der Waals surface area (Å²) in [5.41, 5.74) is 0.780. The Labute approximate surface area is 141 Å². The molecule has 23 heavy (non-hydrogen) atoms. The third-order valence-corrected chi connectivity index (χ3v) is 3.95. The van der Waals surface area contributed by atoms with Gasteiger partial charge in [-0.05, 0) is 30.0 Å². The molecule has 6 heteroatoms. The van der Waals surface area contributed by atoms with E-state index >= 15 is 0 Å². The van der Waals surface area contributed by atoms with Crippen LogP contribution in [0.5, 0.6) is 0 Å². The minimum atomic E-state index is -0.479. The smallest absolute Gasteiger partial charge is 0.255 e. The van der Waals surface area contributed by atoms with Crippen molar-refractivity contribution >= 4 is 29.1 Å². The monoisotopic (exact) mass is 338 g/mol. The van der Waals surface area contributed by atoms with E-state index in [-0.39, 0.29) is 17.2 Å². The number of carbonyl (C=O) groups is 2. The Kier molecular flexibility index (Phi) is 5.32. The fraction of sp³-hybridized carbons (Fsp3) is 0.529. The zero-order chi connectivity index (χ0) is 17.2. The zero-order valence-electron chi connectivity index (χ0n) is 13.7. The number of benzene rings is 1. The summed E-state index contributed by atoms with van der Waals surface area (Å²) in [6, 6.07) is 4.88. The summed E-state index contributed by atoms with van der Waals surface area (Å²) in [7, 11) is 0. The van der Waals surface area contributed by atoms with Crippen LogP contribution in [-0.4, -0.2) is 41.0 Å². The van der Waals surface area contributed by atoms with Gasteiger partial charge in [0.25, 0.3) is 5.91 Å². The van der Waals surface area contributed by atoms with E-state index in [1.54, 1.807) is 23.1 Å². The van der Waals surface area contributed by atoms with Crippen molar-refractivity contribution in [3.8, 4) is 0 Å². The summed E-state index contributed by atoms with van der Waals surface area (Å²) in [4.78, 5) is 26.1. The molecule has 2 N–H and O–H groups in total. The van der Waals surface area contributed by atoms with Crippen LogP contribution in [0, 0.1) is 5.41 Å². The van der Waals surface area contributed by atoms with Gasteiger partial charge in [0.1, 0.15) is 0 Å². The molecule has 0 spiro atoms. The van der Waals surface area contributed by atoms with Crippen molar-refractivity contribution in [2.24, 2.45) is 5.41 Å². The fourth-order valence-corrected chi connectivity index (χ4v) is 2.75. The van der Waals surface area contributed by atoms with Crippen molar-refractivity contribution < 1.29 is 14.7 Å². The summed E-state index contributed by atoms with van der Waals surface area (Å²) in [5, 5.41) is 12.7. The molecule has 1 aliphatic heterocycles. The second-order valence-corrected chi connectivity index (χ2v) is 7.58. The van der Waals surface area contributed by atoms with Gasteiger partial charge in [-0.3, -0.25) is 9.59 Å². The Morgan fingerprint density at radius 2 is 2.09 bits per heavy atom. The van der Waals surface area contributed by atoms with Crippen molar-refractivity contribution in [3.05, 3.63) is 28.8 Å². The molecule has 0 radical (unpaired) electrons. The average Bonchev–Trinajstić information content (AvgIpc) is 2.84. The van der Waals surface area contributed by atoms with Crippen LogP contribution in [0.2, 0.25) is 5.02 Å². The lowest BCUT2D eigenvalue weighted by Gasteiger charge is -2.19. The molecule has 126 valence electrons. The molecular weight excluding hydrogens is 316 g/mol. The lowest BCUT2D eigenvalue weighted by Crippen LogP contribution is -2.30. The molecule has 0 unspecified atom stereocenters. The molecule has 1 fully saturated rings. The number of halogens is 1. The normalized spacial score (nSPS) is 18.1. The van der Waals surface area contributed by atoms with Gasteiger partial charge in [0.15, 0.2) is 0 Å². The molecule has 5 nitrogen and oxygen atoms in total. The molecule has 2 amide bonds. The first kappa shape index (κ1) is 17.8. The van der Waals surface area contributed by atoms with Gasteiger partial charge >= 0.3 is 0 Å². The second-order valence-electron chi connectivity index (χ2n) is 7.17. The van der Waals surface area contributed by atoms with E-state index < -0.39 is 6.10 Å². The lowest BCUT2D eigenvalue weighted by atomic mass is 9.92. The first-order chi connectivity index (χ1) is 10.7. The number of aliphatic hydroxyl groups excluding tert-OH is 1. The summed E-state index contributed by atoms with van der Waals surface area (Å²) in [5.74, 6) is -0.326. The Balaban J connectivity index is 2.12. The predicted octanol–water partition coefficient (Wildman–Crippen LogP) is 2.92. The highest BCUT2D eigenvalue weighted by Gasteiger charge is 2.27. The molecule has 0 aliphatic carbocycles. The van der Waals surface area contributed by atoms with Gasteiger partial charge in [-0.2, -0.15) is 0 Å². The molecule has 0 aromatic heterocycles. The Morgan fingerprint density at radius 1 is 1.39 bits per heavy atom. The van der Waals surface area contributed by atoms with Crippen LogP contribution < -0.4 is 5.32 Å². The summed E-state index contributed by atoms with van der Waals surface area (Å²) >= 11 is 6.13. The SMILES string of the molecule is CC(C)(C)CC(=O)Nc1ccc(Cl)c(C(=O)N2CC[C@@H](O)C2)c1. The van der Waals surface area contributed by atoms with E-state index in [1.807, 2.05) is 20.8 Å². The van der Waals surface area contributed by atoms with Crippen LogP contribution in [0.4, 0.5) is 5.69 Å². The number of anilines is 1. The summed E-state index contributed by atoms with van der Waals surface area (Å²) in [6.45, 7) is 6.79. The molecule has 1 aromatic carbocycles. The van der Waals surface area contributed by atoms with E-state index in [0.717, 1.165) is 0 Å². The first-order valence-electron chi connectivity index (χ1n) is 7.72. The number of β-amino-alcohol motifs (C(OH)–C–C–N with tert-alkyl or cyclic N) is 1. The molecule has 2 rings (SSSR count). The van der Waals surface area contributed by atoms with Crippen molar-refractivity contribution in [1.29, 1.82) is 0 Å². The molecule has 1 aromatic rings. The Morgan fingerprint density at radius 3 is 2.65 bits per heavy atom. The lowest BCUT2D eigenvalue weighted by molar-refractivity contribution is -0.117. The molecule has 1 heterocycles. The molecule has 1 saturated heterocycles. The van der Waals surface area contributed by atoms with Crippen LogP contribution >= 0.6 is 11.6 Å². The van der Waals surface area contributed by atoms with Gasteiger partial charge < -0.3 is 15.3 Å². The maximum atomic E-state index is 12.5. The minimum absolute atomic E-state index is 0.102. The topological polar surface area (TPSA) is 69.6 Å². The highest BCUT2D eigenvalue weighted by atomic mass is 35.5. The maximum absolute atomic E-state index is 12.5. The van der Waals surface area contributed by atoms with Gasteiger partial charge in [0.2, 0.25) is 5.91 Å². The molecule has 0 bridgehead atoms. The van der Waals surface area contributed by atoms with E-state index in [0.29, 0.717) is 42.2 Å². The first-order valence-corrected chi connectivity index (χ1v) is 8.10. The number of likely N-dealkylation sites (tertiary alicyclic amines) is 1. The van der Waals surface area contributed by atoms with Gasteiger partial charge in [-0.1, -0.05) is 32.4 Å². The summed E-state index contributed by atoms with van der Waals surface area (Å²) in [6.07, 6.45) is 0.482. The van der Waals surface area contributed by atoms with Gasteiger partial charge in [0.05, 0.1) is 16.7 Å². The van der Waals surface area contributed by atoms with Crippen molar-refractivity contribution in [3.63, 3.8) is 0 Å². The maximum Gasteiger partial charge on any atom is 0.255 e. The molecular formula is C17H23ClN2O3. The van der Waals surface area contributed by atoms with Crippen LogP contribution in [0.25, 0.3) is 0 Å². The number of nitrogens with one attached hydrogen (secondary N) is 1. The van der Waals surface area contributed by atoms with Crippen LogP contribution in [0.15, 0.2) is 18.2 Å². The van der Waals surface area contributed by atoms with Crippen molar-refractivity contribution in [1.82, 2.24) is 4.90 Å². The second kappa shape index (κ2) is 6.89. The molecule has 0 saturated carbocycles. The van der Waals surface area contributed by atoms with E-state index in [1.165, 1.54) is 0 Å². The number of aliphatic hydroxyl groups is 1.